The van der Waals surface area contributed by atoms with E-state index in [2.05, 4.69) is 14.7 Å². The number of primary amides is 1. The van der Waals surface area contributed by atoms with Crippen molar-refractivity contribution in [3.63, 3.8) is 0 Å². The first-order valence-corrected chi connectivity index (χ1v) is 8.46. The molecule has 1 amide bonds. The van der Waals surface area contributed by atoms with Gasteiger partial charge in [-0.25, -0.2) is 23.5 Å². The topological polar surface area (TPSA) is 138 Å². The van der Waals surface area contributed by atoms with Crippen molar-refractivity contribution in [3.8, 4) is 17.1 Å². The predicted molar refractivity (Wildman–Crippen MR) is 83.3 cm³/mol. The number of halogens is 3. The van der Waals surface area contributed by atoms with Crippen molar-refractivity contribution in [2.75, 3.05) is 6.61 Å². The summed E-state index contributed by atoms with van der Waals surface area (Å²) in [6.45, 7) is -1.56. The first-order valence-electron chi connectivity index (χ1n) is 6.92. The maximum Gasteiger partial charge on any atom is 0.422 e. The number of hydrogen-bond acceptors (Lipinski definition) is 6. The number of aromatic nitrogens is 2. The number of amides is 1. The molecule has 0 saturated carbocycles. The van der Waals surface area contributed by atoms with Gasteiger partial charge in [0.15, 0.2) is 6.61 Å². The minimum Gasteiger partial charge on any atom is -0.454 e. The van der Waals surface area contributed by atoms with Gasteiger partial charge in [-0.05, 0) is 11.6 Å². The molecule has 4 N–H and O–H groups in total. The molecular formula is C14H13F3N4O4S. The molecule has 0 bridgehead atoms. The third-order valence-corrected chi connectivity index (χ3v) is 3.99. The Morgan fingerprint density at radius 2 is 1.81 bits per heavy atom. The van der Waals surface area contributed by atoms with E-state index in [4.69, 9.17) is 10.9 Å². The minimum absolute atomic E-state index is 0.114. The maximum absolute atomic E-state index is 12.1. The summed E-state index contributed by atoms with van der Waals surface area (Å²) < 4.78 is 64.3. The first-order chi connectivity index (χ1) is 12.0. The molecule has 2 rings (SSSR count). The second-order valence-electron chi connectivity index (χ2n) is 5.18. The molecule has 12 heteroatoms. The van der Waals surface area contributed by atoms with Crippen molar-refractivity contribution in [1.29, 1.82) is 0 Å². The number of carbonyl (C=O) groups excluding carboxylic acids is 1. The zero-order valence-electron chi connectivity index (χ0n) is 13.0. The molecule has 140 valence electrons. The summed E-state index contributed by atoms with van der Waals surface area (Å²) >= 11 is 0. The highest BCUT2D eigenvalue weighted by Gasteiger charge is 2.29. The Hall–Kier alpha value is -2.73. The molecule has 8 nitrogen and oxygen atoms in total. The third-order valence-electron chi connectivity index (χ3n) is 3.03. The van der Waals surface area contributed by atoms with Crippen LogP contribution in [0.3, 0.4) is 0 Å². The van der Waals surface area contributed by atoms with Gasteiger partial charge in [0.05, 0.1) is 11.3 Å². The van der Waals surface area contributed by atoms with Crippen LogP contribution in [0, 0.1) is 0 Å². The van der Waals surface area contributed by atoms with Crippen LogP contribution < -0.4 is 15.6 Å². The van der Waals surface area contributed by atoms with Gasteiger partial charge in [0.25, 0.3) is 0 Å². The fourth-order valence-electron chi connectivity index (χ4n) is 2.03. The van der Waals surface area contributed by atoms with Gasteiger partial charge in [0.1, 0.15) is 0 Å². The van der Waals surface area contributed by atoms with Crippen LogP contribution in [0.4, 0.5) is 13.2 Å². The van der Waals surface area contributed by atoms with Crippen LogP contribution in [0.15, 0.2) is 35.5 Å². The summed E-state index contributed by atoms with van der Waals surface area (Å²) in [5.41, 5.74) is 5.70. The number of hydrogen-bond donors (Lipinski definition) is 2. The Labute approximate surface area is 146 Å². The van der Waals surface area contributed by atoms with Gasteiger partial charge in [-0.2, -0.15) is 13.2 Å². The molecule has 0 atom stereocenters. The van der Waals surface area contributed by atoms with Crippen LogP contribution in [-0.2, 0) is 21.2 Å². The predicted octanol–water partition coefficient (Wildman–Crippen LogP) is 0.760. The zero-order chi connectivity index (χ0) is 19.5. The van der Waals surface area contributed by atoms with E-state index >= 15 is 0 Å². The fourth-order valence-corrected chi connectivity index (χ4v) is 2.84. The van der Waals surface area contributed by atoms with Crippen molar-refractivity contribution in [1.82, 2.24) is 9.97 Å². The van der Waals surface area contributed by atoms with E-state index in [9.17, 15) is 26.4 Å². The largest absolute Gasteiger partial charge is 0.454 e. The normalized spacial score (nSPS) is 12.0. The van der Waals surface area contributed by atoms with E-state index in [1.54, 1.807) is 0 Å². The van der Waals surface area contributed by atoms with Crippen LogP contribution in [0.25, 0.3) is 11.1 Å². The van der Waals surface area contributed by atoms with Crippen molar-refractivity contribution >= 4 is 15.9 Å². The van der Waals surface area contributed by atoms with Crippen molar-refractivity contribution < 1.29 is 31.1 Å². The highest BCUT2D eigenvalue weighted by atomic mass is 32.2. The molecule has 0 fully saturated rings. The molecular weight excluding hydrogens is 377 g/mol. The molecule has 0 saturated heterocycles. The summed E-state index contributed by atoms with van der Waals surface area (Å²) in [5, 5.41) is 5.19. The minimum atomic E-state index is -4.54. The third kappa shape index (κ3) is 5.39. The van der Waals surface area contributed by atoms with Gasteiger partial charge >= 0.3 is 12.2 Å². The Morgan fingerprint density at radius 1 is 1.19 bits per heavy atom. The number of sulfonamides is 1. The first kappa shape index (κ1) is 19.6. The SMILES string of the molecule is NC(=O)Cc1ccc(-c2cnc(OCC(F)(F)F)nc2)c(S(N)(=O)=O)c1. The van der Waals surface area contributed by atoms with Gasteiger partial charge in [0, 0.05) is 23.5 Å². The average molecular weight is 390 g/mol. The Bertz CT molecular complexity index is 915. The van der Waals surface area contributed by atoms with Crippen LogP contribution in [0.5, 0.6) is 6.01 Å². The number of rotatable bonds is 6. The summed E-state index contributed by atoms with van der Waals surface area (Å²) in [6, 6.07) is 3.49. The molecule has 1 heterocycles. The monoisotopic (exact) mass is 390 g/mol. The number of alkyl halides is 3. The number of benzene rings is 1. The average Bonchev–Trinajstić information content (AvgIpc) is 2.51. The lowest BCUT2D eigenvalue weighted by molar-refractivity contribution is -0.154. The van der Waals surface area contributed by atoms with Crippen LogP contribution >= 0.6 is 0 Å². The van der Waals surface area contributed by atoms with E-state index in [0.29, 0.717) is 5.56 Å². The maximum atomic E-state index is 12.1. The Kier molecular flexibility index (Phi) is 5.47. The molecule has 2 aromatic rings. The molecule has 0 aliphatic heterocycles. The van der Waals surface area contributed by atoms with Gasteiger partial charge < -0.3 is 10.5 Å². The van der Waals surface area contributed by atoms with E-state index in [-0.39, 0.29) is 22.4 Å². The molecule has 0 aliphatic rings. The second kappa shape index (κ2) is 7.25. The van der Waals surface area contributed by atoms with E-state index in [1.165, 1.54) is 18.2 Å². The number of primary sulfonamides is 1. The summed E-state index contributed by atoms with van der Waals surface area (Å²) in [4.78, 5) is 17.9. The molecule has 1 aromatic carbocycles. The van der Waals surface area contributed by atoms with Crippen molar-refractivity contribution in [2.24, 2.45) is 10.9 Å². The van der Waals surface area contributed by atoms with Crippen LogP contribution in [-0.4, -0.2) is 37.1 Å². The Morgan fingerprint density at radius 3 is 2.31 bits per heavy atom. The van der Waals surface area contributed by atoms with Gasteiger partial charge in [-0.3, -0.25) is 4.79 Å². The second-order valence-corrected chi connectivity index (χ2v) is 6.71. The van der Waals surface area contributed by atoms with Crippen molar-refractivity contribution in [3.05, 3.63) is 36.2 Å². The zero-order valence-corrected chi connectivity index (χ0v) is 13.8. The molecule has 0 spiro atoms. The molecule has 0 aliphatic carbocycles. The highest BCUT2D eigenvalue weighted by molar-refractivity contribution is 7.89. The van der Waals surface area contributed by atoms with Gasteiger partial charge in [0.2, 0.25) is 15.9 Å². The standard InChI is InChI=1S/C14H13F3N4O4S/c15-14(16,17)7-25-13-20-5-9(6-21-13)10-2-1-8(4-12(18)22)3-11(10)26(19,23)24/h1-3,5-6H,4,7H2,(H2,18,22)(H2,19,23,24). The number of nitrogens with two attached hydrogens (primary N) is 2. The smallest absolute Gasteiger partial charge is 0.422 e. The number of carbonyl (C=O) groups is 1. The van der Waals surface area contributed by atoms with E-state index < -0.39 is 34.7 Å². The quantitative estimate of drug-likeness (QED) is 0.747. The van der Waals surface area contributed by atoms with E-state index in [1.807, 2.05) is 0 Å². The number of nitrogens with zero attached hydrogens (tertiary/aromatic N) is 2. The molecule has 1 aromatic heterocycles. The summed E-state index contributed by atoms with van der Waals surface area (Å²) in [7, 11) is -4.17. The van der Waals surface area contributed by atoms with E-state index in [0.717, 1.165) is 12.4 Å². The fraction of sp³-hybridized carbons (Fsp3) is 0.214. The summed E-state index contributed by atoms with van der Waals surface area (Å²) in [6.07, 6.45) is -2.55. The lowest BCUT2D eigenvalue weighted by Gasteiger charge is -2.11. The molecule has 26 heavy (non-hydrogen) atoms. The molecule has 0 unspecified atom stereocenters. The van der Waals surface area contributed by atoms with Crippen LogP contribution in [0.2, 0.25) is 0 Å². The van der Waals surface area contributed by atoms with Gasteiger partial charge in [-0.15, -0.1) is 0 Å². The number of ether oxygens (including phenoxy) is 1. The summed E-state index contributed by atoms with van der Waals surface area (Å²) in [5.74, 6) is -0.660. The lowest BCUT2D eigenvalue weighted by atomic mass is 10.0. The van der Waals surface area contributed by atoms with Gasteiger partial charge in [-0.1, -0.05) is 12.1 Å². The molecule has 0 radical (unpaired) electrons. The Balaban J connectivity index is 2.37. The van der Waals surface area contributed by atoms with Crippen LogP contribution in [0.1, 0.15) is 5.56 Å². The highest BCUT2D eigenvalue weighted by Crippen LogP contribution is 2.27. The van der Waals surface area contributed by atoms with Crippen molar-refractivity contribution in [2.45, 2.75) is 17.5 Å². The lowest BCUT2D eigenvalue weighted by Crippen LogP contribution is -2.20.